The maximum atomic E-state index is 10.6. The van der Waals surface area contributed by atoms with Crippen molar-refractivity contribution in [3.63, 3.8) is 0 Å². The molecule has 0 bridgehead atoms. The summed E-state index contributed by atoms with van der Waals surface area (Å²) in [5.41, 5.74) is 0. The van der Waals surface area contributed by atoms with Crippen LogP contribution in [0.15, 0.2) is 0 Å². The first kappa shape index (κ1) is 11.7. The summed E-state index contributed by atoms with van der Waals surface area (Å²) >= 11 is 0. The van der Waals surface area contributed by atoms with E-state index in [1.165, 1.54) is 25.7 Å². The summed E-state index contributed by atoms with van der Waals surface area (Å²) < 4.78 is 0. The van der Waals surface area contributed by atoms with Gasteiger partial charge in [0.2, 0.25) is 0 Å². The SMILES string of the molecule is CCCC(C)CCCCC(C)=O. The predicted octanol–water partition coefficient (Wildman–Crippen LogP) is 3.57. The fourth-order valence-corrected chi connectivity index (χ4v) is 1.50. The summed E-state index contributed by atoms with van der Waals surface area (Å²) in [6.07, 6.45) is 7.00. The normalized spacial score (nSPS) is 12.9. The molecule has 0 aliphatic heterocycles. The van der Waals surface area contributed by atoms with Crippen LogP contribution in [0, 0.1) is 5.92 Å². The van der Waals surface area contributed by atoms with Crippen LogP contribution in [0.4, 0.5) is 0 Å². The van der Waals surface area contributed by atoms with Gasteiger partial charge < -0.3 is 4.79 Å². The van der Waals surface area contributed by atoms with Gasteiger partial charge in [0, 0.05) is 6.42 Å². The van der Waals surface area contributed by atoms with Crippen molar-refractivity contribution in [2.45, 2.75) is 59.3 Å². The third-order valence-electron chi connectivity index (χ3n) is 2.26. The lowest BCUT2D eigenvalue weighted by Crippen LogP contribution is -1.95. The van der Waals surface area contributed by atoms with Crippen molar-refractivity contribution in [1.29, 1.82) is 0 Å². The number of carbonyl (C=O) groups excluding carboxylic acids is 1. The highest BCUT2D eigenvalue weighted by Crippen LogP contribution is 2.14. The van der Waals surface area contributed by atoms with E-state index in [2.05, 4.69) is 13.8 Å². The first-order valence-electron chi connectivity index (χ1n) is 5.16. The quantitative estimate of drug-likeness (QED) is 0.534. The Kier molecular flexibility index (Phi) is 7.12. The van der Waals surface area contributed by atoms with Crippen LogP contribution in [-0.4, -0.2) is 5.78 Å². The minimum atomic E-state index is 0.332. The van der Waals surface area contributed by atoms with Gasteiger partial charge in [0.05, 0.1) is 0 Å². The summed E-state index contributed by atoms with van der Waals surface area (Å²) in [5, 5.41) is 0. The van der Waals surface area contributed by atoms with E-state index >= 15 is 0 Å². The van der Waals surface area contributed by atoms with E-state index in [0.29, 0.717) is 5.78 Å². The number of hydrogen-bond donors (Lipinski definition) is 0. The maximum absolute atomic E-state index is 10.6. The number of unbranched alkanes of at least 4 members (excludes halogenated alkanes) is 1. The Hall–Kier alpha value is -0.330. The zero-order chi connectivity index (χ0) is 9.40. The molecule has 12 heavy (non-hydrogen) atoms. The molecule has 0 saturated carbocycles. The van der Waals surface area contributed by atoms with Crippen molar-refractivity contribution in [2.75, 3.05) is 0 Å². The number of rotatable bonds is 7. The Balaban J connectivity index is 3.13. The van der Waals surface area contributed by atoms with E-state index in [1.54, 1.807) is 6.92 Å². The number of Topliss-reactive ketones (excluding diaryl/α,β-unsaturated/α-hetero) is 1. The van der Waals surface area contributed by atoms with Crippen LogP contribution in [0.5, 0.6) is 0 Å². The summed E-state index contributed by atoms with van der Waals surface area (Å²) in [6, 6.07) is 0. The highest BCUT2D eigenvalue weighted by Gasteiger charge is 2.00. The zero-order valence-corrected chi connectivity index (χ0v) is 8.73. The Morgan fingerprint density at radius 2 is 1.92 bits per heavy atom. The molecule has 1 nitrogen and oxygen atoms in total. The summed E-state index contributed by atoms with van der Waals surface area (Å²) in [6.45, 7) is 6.21. The van der Waals surface area contributed by atoms with Crippen molar-refractivity contribution in [3.8, 4) is 0 Å². The molecule has 0 amide bonds. The maximum Gasteiger partial charge on any atom is 0.129 e. The predicted molar refractivity (Wildman–Crippen MR) is 53.2 cm³/mol. The molecule has 0 spiro atoms. The zero-order valence-electron chi connectivity index (χ0n) is 8.73. The van der Waals surface area contributed by atoms with Gasteiger partial charge >= 0.3 is 0 Å². The van der Waals surface area contributed by atoms with Gasteiger partial charge in [-0.25, -0.2) is 0 Å². The van der Waals surface area contributed by atoms with Gasteiger partial charge in [0.1, 0.15) is 5.78 Å². The molecule has 1 heteroatoms. The van der Waals surface area contributed by atoms with E-state index in [9.17, 15) is 4.79 Å². The van der Waals surface area contributed by atoms with Crippen LogP contribution in [0.3, 0.4) is 0 Å². The van der Waals surface area contributed by atoms with E-state index in [-0.39, 0.29) is 0 Å². The Bertz CT molecular complexity index is 118. The number of hydrogen-bond acceptors (Lipinski definition) is 1. The van der Waals surface area contributed by atoms with Gasteiger partial charge in [-0.3, -0.25) is 0 Å². The summed E-state index contributed by atoms with van der Waals surface area (Å²) in [5.74, 6) is 1.18. The monoisotopic (exact) mass is 170 g/mol. The van der Waals surface area contributed by atoms with Crippen LogP contribution in [0.1, 0.15) is 59.3 Å². The molecule has 0 aliphatic rings. The standard InChI is InChI=1S/C11H22O/c1-4-7-10(2)8-5-6-9-11(3)12/h10H,4-9H2,1-3H3. The van der Waals surface area contributed by atoms with E-state index in [1.807, 2.05) is 0 Å². The first-order chi connectivity index (χ1) is 5.66. The third kappa shape index (κ3) is 7.77. The fourth-order valence-electron chi connectivity index (χ4n) is 1.50. The van der Waals surface area contributed by atoms with Crippen LogP contribution < -0.4 is 0 Å². The van der Waals surface area contributed by atoms with Crippen LogP contribution >= 0.6 is 0 Å². The van der Waals surface area contributed by atoms with Gasteiger partial charge in [-0.1, -0.05) is 39.5 Å². The van der Waals surface area contributed by atoms with Crippen LogP contribution in [-0.2, 0) is 4.79 Å². The lowest BCUT2D eigenvalue weighted by atomic mass is 9.98. The van der Waals surface area contributed by atoms with Crippen LogP contribution in [0.2, 0.25) is 0 Å². The summed E-state index contributed by atoms with van der Waals surface area (Å²) in [4.78, 5) is 10.6. The Morgan fingerprint density at radius 3 is 2.42 bits per heavy atom. The van der Waals surface area contributed by atoms with Crippen molar-refractivity contribution >= 4 is 5.78 Å². The molecule has 0 heterocycles. The fraction of sp³-hybridized carbons (Fsp3) is 0.909. The topological polar surface area (TPSA) is 17.1 Å². The van der Waals surface area contributed by atoms with Gasteiger partial charge in [-0.05, 0) is 19.3 Å². The van der Waals surface area contributed by atoms with Gasteiger partial charge in [0.15, 0.2) is 0 Å². The molecule has 0 rings (SSSR count). The number of ketones is 1. The molecule has 0 saturated heterocycles. The minimum Gasteiger partial charge on any atom is -0.300 e. The first-order valence-corrected chi connectivity index (χ1v) is 5.16. The van der Waals surface area contributed by atoms with Crippen LogP contribution in [0.25, 0.3) is 0 Å². The van der Waals surface area contributed by atoms with E-state index < -0.39 is 0 Å². The average molecular weight is 170 g/mol. The van der Waals surface area contributed by atoms with Crippen molar-refractivity contribution in [3.05, 3.63) is 0 Å². The molecule has 72 valence electrons. The van der Waals surface area contributed by atoms with Crippen molar-refractivity contribution in [2.24, 2.45) is 5.92 Å². The Labute approximate surface area is 76.6 Å². The van der Waals surface area contributed by atoms with E-state index in [0.717, 1.165) is 18.8 Å². The molecule has 0 aromatic carbocycles. The highest BCUT2D eigenvalue weighted by atomic mass is 16.1. The van der Waals surface area contributed by atoms with Crippen molar-refractivity contribution in [1.82, 2.24) is 0 Å². The third-order valence-corrected chi connectivity index (χ3v) is 2.26. The molecule has 0 aliphatic carbocycles. The molecule has 0 aromatic rings. The number of carbonyl (C=O) groups is 1. The molecule has 0 fully saturated rings. The molecule has 1 atom stereocenters. The molecule has 0 N–H and O–H groups in total. The Morgan fingerprint density at radius 1 is 1.25 bits per heavy atom. The molecule has 1 unspecified atom stereocenters. The molecular weight excluding hydrogens is 148 g/mol. The minimum absolute atomic E-state index is 0.332. The van der Waals surface area contributed by atoms with E-state index in [4.69, 9.17) is 0 Å². The average Bonchev–Trinajstić information content (AvgIpc) is 1.98. The second-order valence-electron chi connectivity index (χ2n) is 3.84. The lowest BCUT2D eigenvalue weighted by Gasteiger charge is -2.08. The molecule has 0 aromatic heterocycles. The lowest BCUT2D eigenvalue weighted by molar-refractivity contribution is -0.117. The second-order valence-corrected chi connectivity index (χ2v) is 3.84. The largest absolute Gasteiger partial charge is 0.300 e. The van der Waals surface area contributed by atoms with Gasteiger partial charge in [-0.2, -0.15) is 0 Å². The van der Waals surface area contributed by atoms with Gasteiger partial charge in [0.25, 0.3) is 0 Å². The van der Waals surface area contributed by atoms with Crippen molar-refractivity contribution < 1.29 is 4.79 Å². The molecular formula is C11H22O. The molecule has 0 radical (unpaired) electrons. The van der Waals surface area contributed by atoms with Gasteiger partial charge in [-0.15, -0.1) is 0 Å². The summed E-state index contributed by atoms with van der Waals surface area (Å²) in [7, 11) is 0. The second kappa shape index (κ2) is 7.33. The highest BCUT2D eigenvalue weighted by molar-refractivity contribution is 5.75. The smallest absolute Gasteiger partial charge is 0.129 e.